The smallest absolute Gasteiger partial charge is 0.251 e. The number of carbonyl (C=O) groups excluding carboxylic acids is 4. The Morgan fingerprint density at radius 1 is 0.889 bits per heavy atom. The molecule has 0 fully saturated rings. The van der Waals surface area contributed by atoms with Crippen LogP contribution < -0.4 is 26.0 Å². The van der Waals surface area contributed by atoms with Crippen LogP contribution in [0.15, 0.2) is 109 Å². The van der Waals surface area contributed by atoms with E-state index in [0.717, 1.165) is 11.1 Å². The molecule has 1 aliphatic heterocycles. The molecule has 4 N–H and O–H groups in total. The molecule has 3 aromatic rings. The lowest BCUT2D eigenvalue weighted by molar-refractivity contribution is -0.129. The van der Waals surface area contributed by atoms with Crippen molar-refractivity contribution in [3.05, 3.63) is 126 Å². The van der Waals surface area contributed by atoms with E-state index in [1.165, 1.54) is 6.08 Å². The maximum absolute atomic E-state index is 13.7. The lowest BCUT2D eigenvalue weighted by Crippen LogP contribution is -2.55. The molecule has 1 heterocycles. The van der Waals surface area contributed by atoms with E-state index < -0.39 is 35.8 Å². The van der Waals surface area contributed by atoms with Gasteiger partial charge in [-0.2, -0.15) is 0 Å². The second-order valence-corrected chi connectivity index (χ2v) is 11.1. The lowest BCUT2D eigenvalue weighted by atomic mass is 10.0. The molecule has 1 aliphatic rings. The molecule has 45 heavy (non-hydrogen) atoms. The first-order chi connectivity index (χ1) is 21.8. The minimum atomic E-state index is -0.987. The van der Waals surface area contributed by atoms with Crippen molar-refractivity contribution in [3.63, 3.8) is 0 Å². The Labute approximate surface area is 264 Å². The molecule has 3 unspecified atom stereocenters. The molecule has 3 atom stereocenters. The van der Waals surface area contributed by atoms with Crippen molar-refractivity contribution in [2.75, 3.05) is 6.54 Å². The van der Waals surface area contributed by atoms with E-state index in [1.54, 1.807) is 42.5 Å². The molecule has 0 bridgehead atoms. The Morgan fingerprint density at radius 2 is 1.56 bits per heavy atom. The first-order valence-corrected chi connectivity index (χ1v) is 15.1. The summed E-state index contributed by atoms with van der Waals surface area (Å²) in [4.78, 5) is 52.4. The number of nitrogens with one attached hydrogen (secondary N) is 4. The van der Waals surface area contributed by atoms with Gasteiger partial charge in [-0.3, -0.25) is 19.2 Å². The van der Waals surface area contributed by atoms with Gasteiger partial charge in [0, 0.05) is 30.6 Å². The summed E-state index contributed by atoms with van der Waals surface area (Å²) in [6.07, 6.45) is 7.11. The van der Waals surface area contributed by atoms with Gasteiger partial charge in [-0.05, 0) is 47.7 Å². The van der Waals surface area contributed by atoms with E-state index in [-0.39, 0.29) is 18.2 Å². The molecule has 0 saturated heterocycles. The molecule has 9 heteroatoms. The molecule has 234 valence electrons. The van der Waals surface area contributed by atoms with Crippen LogP contribution in [0.4, 0.5) is 0 Å². The number of ether oxygens (including phenoxy) is 1. The van der Waals surface area contributed by atoms with E-state index >= 15 is 0 Å². The van der Waals surface area contributed by atoms with Crippen LogP contribution in [0, 0.1) is 5.92 Å². The molecule has 0 saturated carbocycles. The third-order valence-corrected chi connectivity index (χ3v) is 7.27. The fourth-order valence-corrected chi connectivity index (χ4v) is 4.65. The standard InChI is InChI=1S/C36H40N4O5/c1-25(2)30-20-21-33(41)37-22-10-9-15-31(35(43)38-30)39-36(44)32(23-26-11-5-3-6-12-26)40-34(42)28-16-18-29(19-17-28)45-24-27-13-7-4-8-14-27/h3-9,11-21,25,30-32H,10,22-24H2,1-2H3,(H,37,41)(H,38,43)(H,39,44)(H,40,42)/b15-9+,21-20+. The van der Waals surface area contributed by atoms with Crippen molar-refractivity contribution in [3.8, 4) is 5.75 Å². The van der Waals surface area contributed by atoms with Crippen LogP contribution in [0.1, 0.15) is 41.8 Å². The monoisotopic (exact) mass is 608 g/mol. The third-order valence-electron chi connectivity index (χ3n) is 7.27. The second-order valence-electron chi connectivity index (χ2n) is 11.1. The predicted molar refractivity (Wildman–Crippen MR) is 173 cm³/mol. The number of amides is 4. The summed E-state index contributed by atoms with van der Waals surface area (Å²) >= 11 is 0. The fraction of sp³-hybridized carbons (Fsp3) is 0.278. The van der Waals surface area contributed by atoms with Crippen molar-refractivity contribution in [1.29, 1.82) is 0 Å². The lowest BCUT2D eigenvalue weighted by Gasteiger charge is -2.25. The van der Waals surface area contributed by atoms with Gasteiger partial charge in [0.15, 0.2) is 0 Å². The van der Waals surface area contributed by atoms with Crippen LogP contribution in [0.3, 0.4) is 0 Å². The van der Waals surface area contributed by atoms with Crippen molar-refractivity contribution >= 4 is 23.6 Å². The number of hydrogen-bond acceptors (Lipinski definition) is 5. The molecule has 0 aliphatic carbocycles. The van der Waals surface area contributed by atoms with Crippen LogP contribution in [-0.4, -0.2) is 48.3 Å². The van der Waals surface area contributed by atoms with Crippen LogP contribution in [-0.2, 0) is 27.4 Å². The molecule has 0 aromatic heterocycles. The highest BCUT2D eigenvalue weighted by Crippen LogP contribution is 2.15. The van der Waals surface area contributed by atoms with Gasteiger partial charge in [-0.15, -0.1) is 0 Å². The highest BCUT2D eigenvalue weighted by atomic mass is 16.5. The minimum Gasteiger partial charge on any atom is -0.489 e. The summed E-state index contributed by atoms with van der Waals surface area (Å²) in [5.41, 5.74) is 2.24. The van der Waals surface area contributed by atoms with Crippen molar-refractivity contribution in [1.82, 2.24) is 21.3 Å². The summed E-state index contributed by atoms with van der Waals surface area (Å²) in [5, 5.41) is 11.4. The van der Waals surface area contributed by atoms with Crippen molar-refractivity contribution < 1.29 is 23.9 Å². The Morgan fingerprint density at radius 3 is 2.22 bits per heavy atom. The maximum atomic E-state index is 13.7. The van der Waals surface area contributed by atoms with Crippen LogP contribution >= 0.6 is 0 Å². The summed E-state index contributed by atoms with van der Waals surface area (Å²) in [5.74, 6) is -0.968. The fourth-order valence-electron chi connectivity index (χ4n) is 4.65. The Hall–Kier alpha value is -5.18. The van der Waals surface area contributed by atoms with E-state index in [9.17, 15) is 19.2 Å². The molecule has 3 aromatic carbocycles. The zero-order valence-corrected chi connectivity index (χ0v) is 25.6. The first-order valence-electron chi connectivity index (χ1n) is 15.1. The van der Waals surface area contributed by atoms with Crippen molar-refractivity contribution in [2.24, 2.45) is 5.92 Å². The largest absolute Gasteiger partial charge is 0.489 e. The highest BCUT2D eigenvalue weighted by Gasteiger charge is 2.27. The summed E-state index contributed by atoms with van der Waals surface area (Å²) < 4.78 is 5.83. The van der Waals surface area contributed by atoms with E-state index in [1.807, 2.05) is 74.5 Å². The zero-order chi connectivity index (χ0) is 32.0. The van der Waals surface area contributed by atoms with Gasteiger partial charge in [0.2, 0.25) is 17.7 Å². The normalized spacial score (nSPS) is 19.1. The van der Waals surface area contributed by atoms with Crippen LogP contribution in [0.2, 0.25) is 0 Å². The van der Waals surface area contributed by atoms with E-state index in [4.69, 9.17) is 4.74 Å². The van der Waals surface area contributed by atoms with Gasteiger partial charge in [-0.1, -0.05) is 92.7 Å². The van der Waals surface area contributed by atoms with Gasteiger partial charge < -0.3 is 26.0 Å². The van der Waals surface area contributed by atoms with Crippen LogP contribution in [0.5, 0.6) is 5.75 Å². The number of hydrogen-bond donors (Lipinski definition) is 4. The van der Waals surface area contributed by atoms with Gasteiger partial charge in [0.25, 0.3) is 5.91 Å². The number of carbonyl (C=O) groups is 4. The molecule has 4 rings (SSSR count). The molecule has 9 nitrogen and oxygen atoms in total. The van der Waals surface area contributed by atoms with Crippen LogP contribution in [0.25, 0.3) is 0 Å². The predicted octanol–water partition coefficient (Wildman–Crippen LogP) is 3.86. The van der Waals surface area contributed by atoms with E-state index in [0.29, 0.717) is 30.9 Å². The van der Waals surface area contributed by atoms with Crippen molar-refractivity contribution in [2.45, 2.75) is 51.4 Å². The molecule has 0 spiro atoms. The van der Waals surface area contributed by atoms with E-state index in [2.05, 4.69) is 21.3 Å². The molecular weight excluding hydrogens is 568 g/mol. The zero-order valence-electron chi connectivity index (χ0n) is 25.6. The van der Waals surface area contributed by atoms with Gasteiger partial charge >= 0.3 is 0 Å². The number of rotatable bonds is 10. The summed E-state index contributed by atoms with van der Waals surface area (Å²) in [6.45, 7) is 4.64. The Bertz CT molecular complexity index is 1490. The second kappa shape index (κ2) is 16.6. The van der Waals surface area contributed by atoms with Gasteiger partial charge in [0.05, 0.1) is 0 Å². The SMILES string of the molecule is CC(C)C1/C=C/C(=O)NCC/C=C/C(NC(=O)C(Cc2ccccc2)NC(=O)c2ccc(OCc3ccccc3)cc2)C(=O)N1. The average molecular weight is 609 g/mol. The highest BCUT2D eigenvalue weighted by molar-refractivity contribution is 5.99. The Kier molecular flexibility index (Phi) is 12.1. The maximum Gasteiger partial charge on any atom is 0.251 e. The summed E-state index contributed by atoms with van der Waals surface area (Å²) in [6, 6.07) is 23.5. The first kappa shape index (κ1) is 32.7. The average Bonchev–Trinajstić information content (AvgIpc) is 3.05. The van der Waals surface area contributed by atoms with Gasteiger partial charge in [0.1, 0.15) is 24.4 Å². The Balaban J connectivity index is 1.47. The quantitative estimate of drug-likeness (QED) is 0.260. The molecule has 0 radical (unpaired) electrons. The molecular formula is C36H40N4O5. The third kappa shape index (κ3) is 10.5. The molecule has 4 amide bonds. The number of benzene rings is 3. The summed E-state index contributed by atoms with van der Waals surface area (Å²) in [7, 11) is 0. The minimum absolute atomic E-state index is 0.00140. The van der Waals surface area contributed by atoms with Gasteiger partial charge in [-0.25, -0.2) is 0 Å². The topological polar surface area (TPSA) is 126 Å².